The van der Waals surface area contributed by atoms with Crippen molar-refractivity contribution in [2.45, 2.75) is 51.0 Å². The zero-order chi connectivity index (χ0) is 14.1. The van der Waals surface area contributed by atoms with Crippen LogP contribution in [-0.2, 0) is 14.3 Å². The predicted octanol–water partition coefficient (Wildman–Crippen LogP) is 2.61. The normalized spacial score (nSPS) is 16.9. The molecule has 1 rings (SSSR count). The minimum atomic E-state index is -0.906. The number of hydrogen-bond acceptors (Lipinski definition) is 4. The number of ether oxygens (including phenoxy) is 2. The van der Waals surface area contributed by atoms with Crippen molar-refractivity contribution in [1.29, 1.82) is 0 Å². The van der Waals surface area contributed by atoms with Crippen molar-refractivity contribution >= 4 is 23.7 Å². The van der Waals surface area contributed by atoms with Crippen LogP contribution in [0.15, 0.2) is 0 Å². The highest BCUT2D eigenvalue weighted by Crippen LogP contribution is 2.31. The molecule has 5 nitrogen and oxygen atoms in total. The highest BCUT2D eigenvalue weighted by atomic mass is 35.5. The van der Waals surface area contributed by atoms with Crippen LogP contribution in [0.5, 0.6) is 0 Å². The fourth-order valence-corrected chi connectivity index (χ4v) is 2.25. The second-order valence-corrected chi connectivity index (χ2v) is 5.11. The molecular weight excluding hydrogens is 270 g/mol. The number of amides is 1. The number of rotatable bonds is 7. The molecule has 0 aromatic carbocycles. The molecule has 110 valence electrons. The molecule has 1 aliphatic carbocycles. The molecule has 1 aliphatic rings. The molecule has 6 heteroatoms. The van der Waals surface area contributed by atoms with Crippen LogP contribution < -0.4 is 5.32 Å². The molecule has 0 bridgehead atoms. The van der Waals surface area contributed by atoms with Gasteiger partial charge in [0.05, 0.1) is 12.5 Å². The van der Waals surface area contributed by atoms with Gasteiger partial charge in [-0.2, -0.15) is 0 Å². The summed E-state index contributed by atoms with van der Waals surface area (Å²) >= 11 is 5.45. The Morgan fingerprint density at radius 1 is 1.21 bits per heavy atom. The fourth-order valence-electron chi connectivity index (χ4n) is 2.17. The Labute approximate surface area is 119 Å². The number of alkyl halides is 1. The van der Waals surface area contributed by atoms with Crippen LogP contribution >= 0.6 is 11.6 Å². The molecule has 0 aromatic heterocycles. The number of alkyl carbamates (subject to hydrolysis) is 1. The minimum absolute atomic E-state index is 0.133. The van der Waals surface area contributed by atoms with Gasteiger partial charge in [0.2, 0.25) is 0 Å². The monoisotopic (exact) mass is 291 g/mol. The quantitative estimate of drug-likeness (QED) is 0.445. The van der Waals surface area contributed by atoms with Crippen molar-refractivity contribution < 1.29 is 19.1 Å². The first-order valence-corrected chi connectivity index (χ1v) is 7.36. The average molecular weight is 292 g/mol. The van der Waals surface area contributed by atoms with E-state index in [4.69, 9.17) is 21.1 Å². The van der Waals surface area contributed by atoms with Gasteiger partial charge in [-0.1, -0.05) is 26.2 Å². The Morgan fingerprint density at radius 2 is 1.89 bits per heavy atom. The van der Waals surface area contributed by atoms with Crippen molar-refractivity contribution in [3.63, 3.8) is 0 Å². The Bertz CT molecular complexity index is 303. The SMILES string of the molecule is CCCCOC(=O)C1(NC(=O)OCCCl)CCCC1. The largest absolute Gasteiger partial charge is 0.464 e. The Hall–Kier alpha value is -0.970. The van der Waals surface area contributed by atoms with Gasteiger partial charge in [0.1, 0.15) is 12.1 Å². The van der Waals surface area contributed by atoms with E-state index in [-0.39, 0.29) is 18.5 Å². The van der Waals surface area contributed by atoms with Gasteiger partial charge in [-0.15, -0.1) is 11.6 Å². The second-order valence-electron chi connectivity index (χ2n) is 4.73. The zero-order valence-corrected chi connectivity index (χ0v) is 12.1. The number of carbonyl (C=O) groups excluding carboxylic acids is 2. The van der Waals surface area contributed by atoms with E-state index in [0.717, 1.165) is 25.7 Å². The lowest BCUT2D eigenvalue weighted by Gasteiger charge is -2.27. The molecule has 1 fully saturated rings. The molecule has 1 saturated carbocycles. The summed E-state index contributed by atoms with van der Waals surface area (Å²) in [6.45, 7) is 2.56. The first-order chi connectivity index (χ1) is 9.14. The number of carbonyl (C=O) groups is 2. The van der Waals surface area contributed by atoms with Crippen LogP contribution in [0.4, 0.5) is 4.79 Å². The van der Waals surface area contributed by atoms with Crippen LogP contribution in [0.3, 0.4) is 0 Å². The van der Waals surface area contributed by atoms with Gasteiger partial charge < -0.3 is 14.8 Å². The lowest BCUT2D eigenvalue weighted by molar-refractivity contribution is -0.151. The van der Waals surface area contributed by atoms with Gasteiger partial charge in [0.15, 0.2) is 0 Å². The topological polar surface area (TPSA) is 64.6 Å². The molecule has 0 spiro atoms. The van der Waals surface area contributed by atoms with Crippen LogP contribution in [0.1, 0.15) is 45.4 Å². The lowest BCUT2D eigenvalue weighted by Crippen LogP contribution is -2.53. The maximum atomic E-state index is 12.1. The van der Waals surface area contributed by atoms with E-state index in [1.165, 1.54) is 0 Å². The molecule has 0 aromatic rings. The molecule has 0 saturated heterocycles. The number of nitrogens with one attached hydrogen (secondary N) is 1. The van der Waals surface area contributed by atoms with Gasteiger partial charge in [0, 0.05) is 0 Å². The summed E-state index contributed by atoms with van der Waals surface area (Å²) in [5.41, 5.74) is -0.906. The third kappa shape index (κ3) is 4.90. The van der Waals surface area contributed by atoms with E-state index in [9.17, 15) is 9.59 Å². The summed E-state index contributed by atoms with van der Waals surface area (Å²) in [6, 6.07) is 0. The summed E-state index contributed by atoms with van der Waals surface area (Å²) in [4.78, 5) is 23.7. The van der Waals surface area contributed by atoms with Crippen LogP contribution in [0.2, 0.25) is 0 Å². The smallest absolute Gasteiger partial charge is 0.408 e. The molecule has 19 heavy (non-hydrogen) atoms. The Kier molecular flexibility index (Phi) is 6.99. The summed E-state index contributed by atoms with van der Waals surface area (Å²) < 4.78 is 10.1. The molecule has 0 atom stereocenters. The van der Waals surface area contributed by atoms with E-state index in [1.54, 1.807) is 0 Å². The lowest BCUT2D eigenvalue weighted by atomic mass is 9.98. The number of hydrogen-bond donors (Lipinski definition) is 1. The summed E-state index contributed by atoms with van der Waals surface area (Å²) in [7, 11) is 0. The third-order valence-electron chi connectivity index (χ3n) is 3.23. The Morgan fingerprint density at radius 3 is 2.47 bits per heavy atom. The second kappa shape index (κ2) is 8.25. The fraction of sp³-hybridized carbons (Fsp3) is 0.846. The third-order valence-corrected chi connectivity index (χ3v) is 3.38. The number of halogens is 1. The van der Waals surface area contributed by atoms with Crippen molar-refractivity contribution in [2.75, 3.05) is 19.1 Å². The van der Waals surface area contributed by atoms with Crippen molar-refractivity contribution in [1.82, 2.24) is 5.32 Å². The molecule has 1 amide bonds. The Balaban J connectivity index is 2.53. The highest BCUT2D eigenvalue weighted by Gasteiger charge is 2.44. The number of esters is 1. The van der Waals surface area contributed by atoms with E-state index in [0.29, 0.717) is 19.4 Å². The standard InChI is InChI=1S/C13H22ClNO4/c1-2-3-9-18-11(16)13(6-4-5-7-13)15-12(17)19-10-8-14/h2-10H2,1H3,(H,15,17). The van der Waals surface area contributed by atoms with Gasteiger partial charge in [-0.25, -0.2) is 9.59 Å². The van der Waals surface area contributed by atoms with Crippen LogP contribution in [0, 0.1) is 0 Å². The summed E-state index contributed by atoms with van der Waals surface area (Å²) in [5, 5.41) is 2.66. The molecule has 1 N–H and O–H groups in total. The first-order valence-electron chi connectivity index (χ1n) is 6.83. The molecule has 0 heterocycles. The van der Waals surface area contributed by atoms with Crippen molar-refractivity contribution in [3.05, 3.63) is 0 Å². The van der Waals surface area contributed by atoms with E-state index >= 15 is 0 Å². The summed E-state index contributed by atoms with van der Waals surface area (Å²) in [6.07, 6.45) is 4.21. The minimum Gasteiger partial charge on any atom is -0.464 e. The van der Waals surface area contributed by atoms with Crippen LogP contribution in [-0.4, -0.2) is 36.7 Å². The van der Waals surface area contributed by atoms with Gasteiger partial charge in [-0.05, 0) is 19.3 Å². The predicted molar refractivity (Wildman–Crippen MR) is 72.3 cm³/mol. The maximum absolute atomic E-state index is 12.1. The highest BCUT2D eigenvalue weighted by molar-refractivity contribution is 6.18. The number of unbranched alkanes of at least 4 members (excludes halogenated alkanes) is 1. The summed E-state index contributed by atoms with van der Waals surface area (Å²) in [5.74, 6) is -0.109. The molecule has 0 unspecified atom stereocenters. The maximum Gasteiger partial charge on any atom is 0.408 e. The average Bonchev–Trinajstić information content (AvgIpc) is 2.86. The molecule has 0 radical (unpaired) electrons. The first kappa shape index (κ1) is 16.1. The van der Waals surface area contributed by atoms with E-state index in [1.807, 2.05) is 6.92 Å². The van der Waals surface area contributed by atoms with Gasteiger partial charge in [-0.3, -0.25) is 0 Å². The van der Waals surface area contributed by atoms with E-state index in [2.05, 4.69) is 5.32 Å². The van der Waals surface area contributed by atoms with Crippen LogP contribution in [0.25, 0.3) is 0 Å². The van der Waals surface area contributed by atoms with Crippen molar-refractivity contribution in [3.8, 4) is 0 Å². The zero-order valence-electron chi connectivity index (χ0n) is 11.4. The van der Waals surface area contributed by atoms with Gasteiger partial charge in [0.25, 0.3) is 0 Å². The van der Waals surface area contributed by atoms with Crippen molar-refractivity contribution in [2.24, 2.45) is 0 Å². The molecule has 0 aliphatic heterocycles. The van der Waals surface area contributed by atoms with Gasteiger partial charge >= 0.3 is 12.1 Å². The molecular formula is C13H22ClNO4. The van der Waals surface area contributed by atoms with E-state index < -0.39 is 11.6 Å².